The molecule has 1 aliphatic rings. The average molecular weight is 191 g/mol. The predicted octanol–water partition coefficient (Wildman–Crippen LogP) is 2.65. The molecular formula is C8H16N2V. The fourth-order valence-corrected chi connectivity index (χ4v) is 2.16. The van der Waals surface area contributed by atoms with Crippen molar-refractivity contribution in [3.05, 3.63) is 0 Å². The van der Waals surface area contributed by atoms with Gasteiger partial charge in [-0.3, -0.25) is 0 Å². The van der Waals surface area contributed by atoms with Gasteiger partial charge in [-0.25, -0.2) is 0 Å². The summed E-state index contributed by atoms with van der Waals surface area (Å²) in [6, 6.07) is 0. The van der Waals surface area contributed by atoms with Gasteiger partial charge in [0.25, 0.3) is 0 Å². The van der Waals surface area contributed by atoms with E-state index in [9.17, 15) is 0 Å². The first kappa shape index (κ1) is 9.27. The van der Waals surface area contributed by atoms with Crippen molar-refractivity contribution < 1.29 is 15.9 Å². The molecular weight excluding hydrogens is 175 g/mol. The van der Waals surface area contributed by atoms with Crippen LogP contribution in [0.15, 0.2) is 7.58 Å². The van der Waals surface area contributed by atoms with Gasteiger partial charge >= 0.3 is 75.1 Å². The van der Waals surface area contributed by atoms with Gasteiger partial charge in [-0.15, -0.1) is 0 Å². The van der Waals surface area contributed by atoms with Crippen LogP contribution in [0.4, 0.5) is 0 Å². The molecule has 0 bridgehead atoms. The van der Waals surface area contributed by atoms with Gasteiger partial charge in [-0.1, -0.05) is 0 Å². The first-order valence-corrected chi connectivity index (χ1v) is 5.64. The first-order valence-electron chi connectivity index (χ1n) is 4.39. The third-order valence-electron chi connectivity index (χ3n) is 2.26. The molecule has 0 heterocycles. The Morgan fingerprint density at radius 1 is 1.36 bits per heavy atom. The van der Waals surface area contributed by atoms with Crippen molar-refractivity contribution in [2.75, 3.05) is 13.6 Å². The topological polar surface area (TPSA) is 24.7 Å². The molecule has 0 unspecified atom stereocenters. The van der Waals surface area contributed by atoms with Crippen LogP contribution in [0.3, 0.4) is 0 Å². The van der Waals surface area contributed by atoms with E-state index in [-0.39, 0.29) is 15.9 Å². The van der Waals surface area contributed by atoms with Crippen molar-refractivity contribution in [1.82, 2.24) is 0 Å². The second-order valence-electron chi connectivity index (χ2n) is 3.09. The van der Waals surface area contributed by atoms with Crippen molar-refractivity contribution in [3.8, 4) is 0 Å². The molecule has 0 atom stereocenters. The maximum atomic E-state index is 4.38. The summed E-state index contributed by atoms with van der Waals surface area (Å²) in [6.07, 6.45) is 7.14. The molecule has 63 valence electrons. The normalized spacial score (nSPS) is 17.9. The van der Waals surface area contributed by atoms with Crippen molar-refractivity contribution in [2.45, 2.75) is 32.1 Å². The van der Waals surface area contributed by atoms with Gasteiger partial charge in [0.1, 0.15) is 0 Å². The molecule has 0 aliphatic heterocycles. The monoisotopic (exact) mass is 191 g/mol. The summed E-state index contributed by atoms with van der Waals surface area (Å²) in [5, 5.41) is 0. The summed E-state index contributed by atoms with van der Waals surface area (Å²) in [6.45, 7) is 1.07. The van der Waals surface area contributed by atoms with Gasteiger partial charge in [-0.05, 0) is 0 Å². The summed E-state index contributed by atoms with van der Waals surface area (Å²) >= 11 is -0.0193. The zero-order valence-electron chi connectivity index (χ0n) is 7.16. The zero-order chi connectivity index (χ0) is 7.94. The summed E-state index contributed by atoms with van der Waals surface area (Å²) in [7, 11) is 1.86. The summed E-state index contributed by atoms with van der Waals surface area (Å²) in [5.41, 5.74) is 0. The third-order valence-corrected chi connectivity index (χ3v) is 3.05. The predicted molar refractivity (Wildman–Crippen MR) is 42.2 cm³/mol. The number of rotatable bonds is 3. The first-order chi connectivity index (χ1) is 5.43. The molecule has 0 aromatic rings. The number of nitrogens with zero attached hydrogens (tertiary/aromatic N) is 2. The molecule has 11 heavy (non-hydrogen) atoms. The van der Waals surface area contributed by atoms with Crippen LogP contribution in [0, 0.1) is 5.92 Å². The van der Waals surface area contributed by atoms with Gasteiger partial charge in [0, 0.05) is 0 Å². The molecule has 1 saturated carbocycles. The maximum absolute atomic E-state index is 4.38. The van der Waals surface area contributed by atoms with Crippen LogP contribution in [0.25, 0.3) is 0 Å². The molecule has 0 aromatic carbocycles. The Balaban J connectivity index is 2.06. The van der Waals surface area contributed by atoms with Crippen LogP contribution in [-0.4, -0.2) is 13.6 Å². The Labute approximate surface area is 75.5 Å². The molecule has 0 radical (unpaired) electrons. The van der Waals surface area contributed by atoms with E-state index in [1.54, 1.807) is 0 Å². The number of hydrogen-bond donors (Lipinski definition) is 0. The molecule has 3 heteroatoms. The van der Waals surface area contributed by atoms with E-state index >= 15 is 0 Å². The third kappa shape index (κ3) is 3.92. The molecule has 1 aliphatic carbocycles. The van der Waals surface area contributed by atoms with Crippen LogP contribution in [0.5, 0.6) is 0 Å². The van der Waals surface area contributed by atoms with E-state index in [1.165, 1.54) is 32.1 Å². The quantitative estimate of drug-likeness (QED) is 0.655. The van der Waals surface area contributed by atoms with Gasteiger partial charge in [0.05, 0.1) is 0 Å². The minimum atomic E-state index is -0.0193. The molecule has 0 saturated heterocycles. The fraction of sp³-hybridized carbons (Fsp3) is 1.00. The summed E-state index contributed by atoms with van der Waals surface area (Å²) in [4.78, 5) is 0. The van der Waals surface area contributed by atoms with Crippen molar-refractivity contribution in [2.24, 2.45) is 13.5 Å². The average Bonchev–Trinajstić information content (AvgIpc) is 2.50. The van der Waals surface area contributed by atoms with Crippen molar-refractivity contribution in [1.29, 1.82) is 0 Å². The Bertz CT molecular complexity index is 155. The molecule has 1 fully saturated rings. The van der Waals surface area contributed by atoms with Gasteiger partial charge in [-0.2, -0.15) is 0 Å². The van der Waals surface area contributed by atoms with Crippen molar-refractivity contribution >= 4 is 0 Å². The van der Waals surface area contributed by atoms with E-state index in [4.69, 9.17) is 0 Å². The van der Waals surface area contributed by atoms with Crippen LogP contribution < -0.4 is 0 Å². The second kappa shape index (κ2) is 5.79. The van der Waals surface area contributed by atoms with E-state index in [0.29, 0.717) is 0 Å². The van der Waals surface area contributed by atoms with E-state index in [0.717, 1.165) is 12.5 Å². The molecule has 2 nitrogen and oxygen atoms in total. The minimum absolute atomic E-state index is 0.0193. The second-order valence-corrected chi connectivity index (χ2v) is 4.44. The Hall–Kier alpha value is 0.184. The Morgan fingerprint density at radius 3 is 2.73 bits per heavy atom. The fourth-order valence-electron chi connectivity index (χ4n) is 1.65. The molecule has 1 rings (SSSR count). The molecule has 0 aromatic heterocycles. The van der Waals surface area contributed by atoms with Crippen LogP contribution in [0.2, 0.25) is 0 Å². The van der Waals surface area contributed by atoms with Crippen LogP contribution in [0.1, 0.15) is 32.1 Å². The molecule has 0 spiro atoms. The Kier molecular flexibility index (Phi) is 4.88. The Morgan fingerprint density at radius 2 is 2.09 bits per heavy atom. The summed E-state index contributed by atoms with van der Waals surface area (Å²) in [5.74, 6) is 0.997. The molecule has 0 amide bonds. The van der Waals surface area contributed by atoms with Crippen molar-refractivity contribution in [3.63, 3.8) is 0 Å². The number of hydrogen-bond acceptors (Lipinski definition) is 2. The van der Waals surface area contributed by atoms with Crippen LogP contribution >= 0.6 is 0 Å². The summed E-state index contributed by atoms with van der Waals surface area (Å²) < 4.78 is 8.41. The van der Waals surface area contributed by atoms with E-state index < -0.39 is 0 Å². The van der Waals surface area contributed by atoms with Gasteiger partial charge in [0.15, 0.2) is 0 Å². The van der Waals surface area contributed by atoms with Crippen LogP contribution in [-0.2, 0) is 15.9 Å². The van der Waals surface area contributed by atoms with E-state index in [2.05, 4.69) is 7.58 Å². The molecule has 0 N–H and O–H groups in total. The standard InChI is InChI=1S/C7H13N.CH3N.V/c8-6-5-7-3-1-2-4-7;1-2;/h7H,1-6H2;1H3;. The van der Waals surface area contributed by atoms with Gasteiger partial charge in [0.2, 0.25) is 0 Å². The van der Waals surface area contributed by atoms with Gasteiger partial charge < -0.3 is 0 Å². The SMILES string of the molecule is C[N]=[V]=[N]CCC1CCCC1. The zero-order valence-corrected chi connectivity index (χ0v) is 8.56. The van der Waals surface area contributed by atoms with E-state index in [1.807, 2.05) is 7.05 Å².